The van der Waals surface area contributed by atoms with E-state index in [2.05, 4.69) is 13.8 Å². The maximum atomic E-state index is 12.5. The van der Waals surface area contributed by atoms with Crippen molar-refractivity contribution in [2.24, 2.45) is 17.6 Å². The molecule has 6 heteroatoms. The van der Waals surface area contributed by atoms with Gasteiger partial charge in [-0.05, 0) is 12.3 Å². The zero-order valence-electron chi connectivity index (χ0n) is 11.7. The second-order valence-corrected chi connectivity index (χ2v) is 6.57. The molecule has 1 fully saturated rings. The summed E-state index contributed by atoms with van der Waals surface area (Å²) in [7, 11) is 0. The number of thioether (sulfide) groups is 1. The lowest BCUT2D eigenvalue weighted by atomic mass is 9.95. The molecule has 3 N–H and O–H groups in total. The van der Waals surface area contributed by atoms with Crippen molar-refractivity contribution in [3.63, 3.8) is 0 Å². The van der Waals surface area contributed by atoms with Gasteiger partial charge in [-0.1, -0.05) is 13.8 Å². The van der Waals surface area contributed by atoms with Crippen LogP contribution in [0.3, 0.4) is 0 Å². The van der Waals surface area contributed by atoms with E-state index in [0.29, 0.717) is 24.8 Å². The van der Waals surface area contributed by atoms with E-state index in [1.165, 1.54) is 0 Å². The Morgan fingerprint density at radius 1 is 1.47 bits per heavy atom. The third-order valence-corrected chi connectivity index (χ3v) is 4.40. The number of nitrogens with two attached hydrogens (primary N) is 1. The van der Waals surface area contributed by atoms with Crippen molar-refractivity contribution >= 4 is 23.6 Å². The number of amides is 1. The Balaban J connectivity index is 2.71. The molecule has 110 valence electrons. The van der Waals surface area contributed by atoms with Gasteiger partial charge in [0.2, 0.25) is 5.91 Å². The van der Waals surface area contributed by atoms with Gasteiger partial charge in [-0.25, -0.2) is 0 Å². The number of hydrogen-bond acceptors (Lipinski definition) is 4. The summed E-state index contributed by atoms with van der Waals surface area (Å²) in [5.41, 5.74) is 5.71. The van der Waals surface area contributed by atoms with Gasteiger partial charge in [0.25, 0.3) is 0 Å². The Morgan fingerprint density at radius 2 is 2.16 bits per heavy atom. The van der Waals surface area contributed by atoms with Crippen LogP contribution >= 0.6 is 11.8 Å². The van der Waals surface area contributed by atoms with Gasteiger partial charge in [-0.15, -0.1) is 0 Å². The number of carbonyl (C=O) groups is 2. The van der Waals surface area contributed by atoms with E-state index < -0.39 is 5.97 Å². The summed E-state index contributed by atoms with van der Waals surface area (Å²) >= 11 is 1.71. The number of rotatable bonds is 6. The Labute approximate surface area is 118 Å². The monoisotopic (exact) mass is 288 g/mol. The van der Waals surface area contributed by atoms with Gasteiger partial charge in [0.05, 0.1) is 18.4 Å². The predicted molar refractivity (Wildman–Crippen MR) is 77.1 cm³/mol. The highest BCUT2D eigenvalue weighted by Crippen LogP contribution is 2.23. The van der Waals surface area contributed by atoms with E-state index in [-0.39, 0.29) is 24.3 Å². The molecule has 1 aliphatic heterocycles. The van der Waals surface area contributed by atoms with Crippen molar-refractivity contribution < 1.29 is 14.7 Å². The van der Waals surface area contributed by atoms with Crippen molar-refractivity contribution in [1.29, 1.82) is 0 Å². The van der Waals surface area contributed by atoms with E-state index in [0.717, 1.165) is 12.2 Å². The van der Waals surface area contributed by atoms with Crippen molar-refractivity contribution in [1.82, 2.24) is 4.90 Å². The van der Waals surface area contributed by atoms with Crippen molar-refractivity contribution in [3.05, 3.63) is 0 Å². The number of carbonyl (C=O) groups excluding carboxylic acids is 1. The Morgan fingerprint density at radius 3 is 2.68 bits per heavy atom. The molecule has 0 bridgehead atoms. The van der Waals surface area contributed by atoms with Crippen LogP contribution in [0.15, 0.2) is 0 Å². The molecule has 1 heterocycles. The van der Waals surface area contributed by atoms with Crippen LogP contribution in [0, 0.1) is 11.8 Å². The summed E-state index contributed by atoms with van der Waals surface area (Å²) in [6.45, 7) is 5.10. The van der Waals surface area contributed by atoms with Crippen LogP contribution in [0.5, 0.6) is 0 Å². The van der Waals surface area contributed by atoms with E-state index >= 15 is 0 Å². The van der Waals surface area contributed by atoms with Crippen molar-refractivity contribution in [2.75, 3.05) is 24.6 Å². The fourth-order valence-corrected chi connectivity index (χ4v) is 3.48. The van der Waals surface area contributed by atoms with Crippen molar-refractivity contribution in [3.8, 4) is 0 Å². The first-order chi connectivity index (χ1) is 8.95. The Kier molecular flexibility index (Phi) is 6.65. The van der Waals surface area contributed by atoms with Crippen LogP contribution in [-0.2, 0) is 9.59 Å². The van der Waals surface area contributed by atoms with E-state index in [1.807, 2.05) is 0 Å². The number of aliphatic carboxylic acids is 1. The fraction of sp³-hybridized carbons (Fsp3) is 0.846. The highest BCUT2D eigenvalue weighted by atomic mass is 32.2. The van der Waals surface area contributed by atoms with Crippen LogP contribution in [0.25, 0.3) is 0 Å². The summed E-state index contributed by atoms with van der Waals surface area (Å²) in [6, 6.07) is -0.190. The second kappa shape index (κ2) is 7.75. The maximum absolute atomic E-state index is 12.5. The first kappa shape index (κ1) is 16.3. The molecule has 0 aromatic heterocycles. The van der Waals surface area contributed by atoms with Crippen LogP contribution in [-0.4, -0.2) is 52.5 Å². The van der Waals surface area contributed by atoms with Gasteiger partial charge in [-0.3, -0.25) is 9.59 Å². The number of nitrogens with zero attached hydrogens (tertiary/aromatic N) is 1. The second-order valence-electron chi connectivity index (χ2n) is 5.42. The van der Waals surface area contributed by atoms with Gasteiger partial charge < -0.3 is 15.7 Å². The van der Waals surface area contributed by atoms with Gasteiger partial charge in [0.1, 0.15) is 0 Å². The molecule has 5 nitrogen and oxygen atoms in total. The highest BCUT2D eigenvalue weighted by Gasteiger charge is 2.32. The first-order valence-corrected chi connectivity index (χ1v) is 7.91. The normalized spacial score (nSPS) is 21.5. The van der Waals surface area contributed by atoms with Gasteiger partial charge in [0.15, 0.2) is 0 Å². The summed E-state index contributed by atoms with van der Waals surface area (Å²) < 4.78 is 0. The zero-order chi connectivity index (χ0) is 14.4. The molecule has 0 saturated carbocycles. The number of carboxylic acid groups (broad SMARTS) is 1. The molecule has 1 rings (SSSR count). The Bertz CT molecular complexity index is 323. The summed E-state index contributed by atoms with van der Waals surface area (Å²) in [4.78, 5) is 25.1. The highest BCUT2D eigenvalue weighted by molar-refractivity contribution is 7.99. The van der Waals surface area contributed by atoms with Gasteiger partial charge in [0, 0.05) is 24.6 Å². The van der Waals surface area contributed by atoms with Crippen LogP contribution in [0.1, 0.15) is 26.7 Å². The quantitative estimate of drug-likeness (QED) is 0.762. The minimum atomic E-state index is -0.849. The van der Waals surface area contributed by atoms with Gasteiger partial charge in [-0.2, -0.15) is 11.8 Å². The molecule has 1 aliphatic rings. The summed E-state index contributed by atoms with van der Waals surface area (Å²) in [5, 5.41) is 8.93. The molecule has 2 atom stereocenters. The van der Waals surface area contributed by atoms with Crippen LogP contribution in [0.2, 0.25) is 0 Å². The number of hydrogen-bond donors (Lipinski definition) is 2. The molecule has 0 spiro atoms. The molecular formula is C13H24N2O3S. The van der Waals surface area contributed by atoms with Crippen LogP contribution < -0.4 is 5.73 Å². The van der Waals surface area contributed by atoms with Crippen molar-refractivity contribution in [2.45, 2.75) is 32.7 Å². The minimum absolute atomic E-state index is 0.0255. The van der Waals surface area contributed by atoms with E-state index in [4.69, 9.17) is 10.8 Å². The third-order valence-electron chi connectivity index (χ3n) is 3.31. The first-order valence-electron chi connectivity index (χ1n) is 6.75. The lowest BCUT2D eigenvalue weighted by Gasteiger charge is -2.37. The average molecular weight is 288 g/mol. The standard InChI is InChI=1S/C13H24N2O3S/c1-9(2)5-10(7-14)13(18)15-3-4-19-8-11(15)6-12(16)17/h9-11H,3-8,14H2,1-2H3,(H,16,17). The fourth-order valence-electron chi connectivity index (χ4n) is 2.42. The molecule has 2 unspecified atom stereocenters. The van der Waals surface area contributed by atoms with E-state index in [1.54, 1.807) is 16.7 Å². The molecule has 19 heavy (non-hydrogen) atoms. The molecule has 1 saturated heterocycles. The lowest BCUT2D eigenvalue weighted by Crippen LogP contribution is -2.50. The molecule has 0 aliphatic carbocycles. The minimum Gasteiger partial charge on any atom is -0.481 e. The molecule has 0 aromatic rings. The zero-order valence-corrected chi connectivity index (χ0v) is 12.5. The average Bonchev–Trinajstić information content (AvgIpc) is 2.35. The van der Waals surface area contributed by atoms with Gasteiger partial charge >= 0.3 is 5.97 Å². The Hall–Kier alpha value is -0.750. The molecule has 0 aromatic carbocycles. The largest absolute Gasteiger partial charge is 0.481 e. The topological polar surface area (TPSA) is 83.6 Å². The lowest BCUT2D eigenvalue weighted by molar-refractivity contribution is -0.142. The maximum Gasteiger partial charge on any atom is 0.305 e. The molecule has 1 amide bonds. The number of carboxylic acids is 1. The molecule has 0 radical (unpaired) electrons. The smallest absolute Gasteiger partial charge is 0.305 e. The summed E-state index contributed by atoms with van der Waals surface area (Å²) in [6.07, 6.45) is 0.788. The SMILES string of the molecule is CC(C)CC(CN)C(=O)N1CCSCC1CC(=O)O. The third kappa shape index (κ3) is 5.03. The predicted octanol–water partition coefficient (Wildman–Crippen LogP) is 1.03. The summed E-state index contributed by atoms with van der Waals surface area (Å²) in [5.74, 6) is 0.993. The van der Waals surface area contributed by atoms with E-state index in [9.17, 15) is 9.59 Å². The van der Waals surface area contributed by atoms with Crippen LogP contribution in [0.4, 0.5) is 0 Å². The molecular weight excluding hydrogens is 264 g/mol.